The van der Waals surface area contributed by atoms with Gasteiger partial charge < -0.3 is 9.64 Å². The molecule has 0 N–H and O–H groups in total. The molecular formula is C12H18ClN3O. The van der Waals surface area contributed by atoms with Crippen LogP contribution in [0.3, 0.4) is 0 Å². The van der Waals surface area contributed by atoms with Crippen LogP contribution in [0, 0.1) is 0 Å². The average molecular weight is 256 g/mol. The van der Waals surface area contributed by atoms with Crippen molar-refractivity contribution in [3.05, 3.63) is 17.3 Å². The van der Waals surface area contributed by atoms with E-state index in [1.54, 1.807) is 6.07 Å². The summed E-state index contributed by atoms with van der Waals surface area (Å²) in [7, 11) is 0. The monoisotopic (exact) mass is 255 g/mol. The standard InChI is InChI=1S/C12H18ClN3O/c1-11(2)7-16(8-12(3,4)17-11)10-6-5-9(13)14-15-10/h5-6H,7-8H2,1-4H3. The number of hydrogen-bond acceptors (Lipinski definition) is 4. The third-order valence-corrected chi connectivity index (χ3v) is 2.84. The predicted molar refractivity (Wildman–Crippen MR) is 68.5 cm³/mol. The molecule has 1 aliphatic rings. The molecule has 2 heterocycles. The van der Waals surface area contributed by atoms with E-state index < -0.39 is 0 Å². The zero-order valence-electron chi connectivity index (χ0n) is 10.7. The fourth-order valence-corrected chi connectivity index (χ4v) is 2.53. The largest absolute Gasteiger partial charge is 0.366 e. The molecule has 0 aromatic carbocycles. The molecular weight excluding hydrogens is 238 g/mol. The lowest BCUT2D eigenvalue weighted by atomic mass is 9.99. The summed E-state index contributed by atoms with van der Waals surface area (Å²) in [6.07, 6.45) is 0. The number of morpholine rings is 1. The van der Waals surface area contributed by atoms with Crippen LogP contribution in [0.2, 0.25) is 5.15 Å². The van der Waals surface area contributed by atoms with Crippen molar-refractivity contribution in [1.82, 2.24) is 10.2 Å². The van der Waals surface area contributed by atoms with E-state index in [0.29, 0.717) is 5.15 Å². The summed E-state index contributed by atoms with van der Waals surface area (Å²) < 4.78 is 6.02. The maximum Gasteiger partial charge on any atom is 0.151 e. The van der Waals surface area contributed by atoms with Gasteiger partial charge in [0.25, 0.3) is 0 Å². The molecule has 1 aliphatic heterocycles. The van der Waals surface area contributed by atoms with Gasteiger partial charge in [0.05, 0.1) is 11.2 Å². The Hall–Kier alpha value is -0.870. The highest BCUT2D eigenvalue weighted by atomic mass is 35.5. The van der Waals surface area contributed by atoms with Crippen molar-refractivity contribution in [2.24, 2.45) is 0 Å². The Labute approximate surface area is 107 Å². The van der Waals surface area contributed by atoms with Gasteiger partial charge in [-0.15, -0.1) is 10.2 Å². The average Bonchev–Trinajstić information content (AvgIpc) is 2.13. The van der Waals surface area contributed by atoms with Gasteiger partial charge >= 0.3 is 0 Å². The topological polar surface area (TPSA) is 38.2 Å². The highest BCUT2D eigenvalue weighted by Gasteiger charge is 2.38. The molecule has 0 atom stereocenters. The second kappa shape index (κ2) is 4.10. The molecule has 2 rings (SSSR count). The molecule has 1 fully saturated rings. The molecule has 0 aliphatic carbocycles. The highest BCUT2D eigenvalue weighted by Crippen LogP contribution is 2.30. The van der Waals surface area contributed by atoms with Crippen molar-refractivity contribution in [2.45, 2.75) is 38.9 Å². The maximum atomic E-state index is 6.02. The fourth-order valence-electron chi connectivity index (χ4n) is 2.43. The first kappa shape index (κ1) is 12.6. The molecule has 94 valence electrons. The normalized spacial score (nSPS) is 22.5. The zero-order chi connectivity index (χ0) is 12.7. The van der Waals surface area contributed by atoms with Crippen molar-refractivity contribution in [3.8, 4) is 0 Å². The minimum Gasteiger partial charge on any atom is -0.366 e. The van der Waals surface area contributed by atoms with Crippen LogP contribution in [0.5, 0.6) is 0 Å². The number of ether oxygens (including phenoxy) is 1. The molecule has 17 heavy (non-hydrogen) atoms. The van der Waals surface area contributed by atoms with Gasteiger partial charge in [-0.25, -0.2) is 0 Å². The number of rotatable bonds is 1. The predicted octanol–water partition coefficient (Wildman–Crippen LogP) is 2.52. The van der Waals surface area contributed by atoms with Crippen molar-refractivity contribution in [2.75, 3.05) is 18.0 Å². The van der Waals surface area contributed by atoms with E-state index in [0.717, 1.165) is 18.9 Å². The van der Waals surface area contributed by atoms with E-state index in [2.05, 4.69) is 42.8 Å². The van der Waals surface area contributed by atoms with Gasteiger partial charge in [-0.1, -0.05) is 11.6 Å². The van der Waals surface area contributed by atoms with Gasteiger partial charge in [0, 0.05) is 13.1 Å². The first-order valence-corrected chi connectivity index (χ1v) is 6.10. The van der Waals surface area contributed by atoms with Gasteiger partial charge in [0.15, 0.2) is 11.0 Å². The Morgan fingerprint density at radius 1 is 1.12 bits per heavy atom. The molecule has 0 radical (unpaired) electrons. The van der Waals surface area contributed by atoms with Crippen LogP contribution in [0.25, 0.3) is 0 Å². The van der Waals surface area contributed by atoms with E-state index in [9.17, 15) is 0 Å². The summed E-state index contributed by atoms with van der Waals surface area (Å²) in [6, 6.07) is 3.66. The van der Waals surface area contributed by atoms with E-state index in [1.807, 2.05) is 6.07 Å². The molecule has 1 saturated heterocycles. The van der Waals surface area contributed by atoms with Crippen LogP contribution in [-0.2, 0) is 4.74 Å². The summed E-state index contributed by atoms with van der Waals surface area (Å²) in [5.41, 5.74) is -0.383. The Bertz CT molecular complexity index is 387. The number of hydrogen-bond donors (Lipinski definition) is 0. The number of nitrogens with zero attached hydrogens (tertiary/aromatic N) is 3. The van der Waals surface area contributed by atoms with Crippen LogP contribution >= 0.6 is 11.6 Å². The van der Waals surface area contributed by atoms with Gasteiger partial charge in [-0.2, -0.15) is 0 Å². The summed E-state index contributed by atoms with van der Waals surface area (Å²) in [5.74, 6) is 0.846. The SMILES string of the molecule is CC1(C)CN(c2ccc(Cl)nn2)CC(C)(C)O1. The number of aromatic nitrogens is 2. The van der Waals surface area contributed by atoms with Gasteiger partial charge in [-0.05, 0) is 39.8 Å². The molecule has 0 spiro atoms. The Balaban J connectivity index is 2.24. The lowest BCUT2D eigenvalue weighted by Gasteiger charge is -2.47. The van der Waals surface area contributed by atoms with Crippen molar-refractivity contribution in [3.63, 3.8) is 0 Å². The first-order chi connectivity index (χ1) is 7.77. The lowest BCUT2D eigenvalue weighted by Crippen LogP contribution is -2.57. The van der Waals surface area contributed by atoms with Crippen molar-refractivity contribution >= 4 is 17.4 Å². The zero-order valence-corrected chi connectivity index (χ0v) is 11.5. The van der Waals surface area contributed by atoms with E-state index in [1.165, 1.54) is 0 Å². The van der Waals surface area contributed by atoms with Gasteiger partial charge in [0.2, 0.25) is 0 Å². The van der Waals surface area contributed by atoms with Gasteiger partial charge in [0.1, 0.15) is 0 Å². The summed E-state index contributed by atoms with van der Waals surface area (Å²) in [6.45, 7) is 9.95. The molecule has 1 aromatic rings. The van der Waals surface area contributed by atoms with Crippen molar-refractivity contribution in [1.29, 1.82) is 0 Å². The van der Waals surface area contributed by atoms with Crippen LogP contribution in [0.4, 0.5) is 5.82 Å². The Kier molecular flexibility index (Phi) is 3.04. The molecule has 0 bridgehead atoms. The van der Waals surface area contributed by atoms with E-state index in [-0.39, 0.29) is 11.2 Å². The molecule has 0 saturated carbocycles. The summed E-state index contributed by atoms with van der Waals surface area (Å²) >= 11 is 5.75. The van der Waals surface area contributed by atoms with Crippen LogP contribution in [0.15, 0.2) is 12.1 Å². The fraction of sp³-hybridized carbons (Fsp3) is 0.667. The Morgan fingerprint density at radius 3 is 2.18 bits per heavy atom. The molecule has 5 heteroatoms. The molecule has 0 amide bonds. The minimum atomic E-state index is -0.191. The molecule has 0 unspecified atom stereocenters. The maximum absolute atomic E-state index is 6.02. The quantitative estimate of drug-likeness (QED) is 0.773. The number of halogens is 1. The first-order valence-electron chi connectivity index (χ1n) is 5.72. The second-order valence-electron chi connectivity index (χ2n) is 5.69. The van der Waals surface area contributed by atoms with Crippen molar-refractivity contribution < 1.29 is 4.74 Å². The third-order valence-electron chi connectivity index (χ3n) is 2.64. The molecule has 4 nitrogen and oxygen atoms in total. The summed E-state index contributed by atoms with van der Waals surface area (Å²) in [5, 5.41) is 8.42. The molecule has 1 aromatic heterocycles. The van der Waals surface area contributed by atoms with E-state index in [4.69, 9.17) is 16.3 Å². The smallest absolute Gasteiger partial charge is 0.151 e. The van der Waals surface area contributed by atoms with E-state index >= 15 is 0 Å². The lowest BCUT2D eigenvalue weighted by molar-refractivity contribution is -0.133. The second-order valence-corrected chi connectivity index (χ2v) is 6.08. The Morgan fingerprint density at radius 2 is 1.71 bits per heavy atom. The third kappa shape index (κ3) is 3.07. The highest BCUT2D eigenvalue weighted by molar-refractivity contribution is 6.29. The number of anilines is 1. The summed E-state index contributed by atoms with van der Waals surface area (Å²) in [4.78, 5) is 2.19. The minimum absolute atomic E-state index is 0.191. The van der Waals surface area contributed by atoms with Crippen LogP contribution in [-0.4, -0.2) is 34.5 Å². The van der Waals surface area contributed by atoms with Gasteiger partial charge in [-0.3, -0.25) is 0 Å². The van der Waals surface area contributed by atoms with Crippen LogP contribution in [0.1, 0.15) is 27.7 Å². The van der Waals surface area contributed by atoms with Crippen LogP contribution < -0.4 is 4.90 Å².